The lowest BCUT2D eigenvalue weighted by molar-refractivity contribution is 0.733. The van der Waals surface area contributed by atoms with E-state index < -0.39 is 0 Å². The van der Waals surface area contributed by atoms with Gasteiger partial charge in [-0.05, 0) is 23.5 Å². The standard InChI is InChI=1S/C15H21N3O/c1-4-10(2)11-5-7-12(8-6-11)14-13(9-16)15(19)18(3)17-14/h5-8,10,17H,4,9,16H2,1-3H3. The van der Waals surface area contributed by atoms with Gasteiger partial charge in [-0.15, -0.1) is 0 Å². The van der Waals surface area contributed by atoms with Crippen LogP contribution >= 0.6 is 0 Å². The van der Waals surface area contributed by atoms with E-state index in [2.05, 4.69) is 31.1 Å². The van der Waals surface area contributed by atoms with E-state index in [4.69, 9.17) is 5.73 Å². The van der Waals surface area contributed by atoms with E-state index >= 15 is 0 Å². The van der Waals surface area contributed by atoms with Crippen LogP contribution in [-0.4, -0.2) is 9.78 Å². The van der Waals surface area contributed by atoms with Crippen molar-refractivity contribution in [3.63, 3.8) is 0 Å². The number of rotatable bonds is 4. The highest BCUT2D eigenvalue weighted by molar-refractivity contribution is 5.63. The van der Waals surface area contributed by atoms with Crippen molar-refractivity contribution in [3.8, 4) is 11.3 Å². The maximum atomic E-state index is 11.9. The van der Waals surface area contributed by atoms with Crippen molar-refractivity contribution in [2.45, 2.75) is 32.7 Å². The molecule has 19 heavy (non-hydrogen) atoms. The normalized spacial score (nSPS) is 12.6. The summed E-state index contributed by atoms with van der Waals surface area (Å²) in [6.07, 6.45) is 1.12. The first-order chi connectivity index (χ1) is 9.08. The molecule has 0 aliphatic rings. The van der Waals surface area contributed by atoms with Crippen molar-refractivity contribution in [2.75, 3.05) is 0 Å². The Morgan fingerprint density at radius 3 is 2.47 bits per heavy atom. The number of benzene rings is 1. The molecule has 0 aliphatic heterocycles. The van der Waals surface area contributed by atoms with E-state index in [1.54, 1.807) is 7.05 Å². The van der Waals surface area contributed by atoms with E-state index in [0.717, 1.165) is 17.7 Å². The Labute approximate surface area is 113 Å². The Hall–Kier alpha value is -1.81. The maximum absolute atomic E-state index is 11.9. The Morgan fingerprint density at radius 2 is 1.95 bits per heavy atom. The van der Waals surface area contributed by atoms with E-state index in [0.29, 0.717) is 11.5 Å². The third-order valence-corrected chi connectivity index (χ3v) is 3.73. The van der Waals surface area contributed by atoms with E-state index in [1.807, 2.05) is 12.1 Å². The van der Waals surface area contributed by atoms with Gasteiger partial charge in [0.2, 0.25) is 0 Å². The Balaban J connectivity index is 2.43. The van der Waals surface area contributed by atoms with Gasteiger partial charge in [0.15, 0.2) is 0 Å². The van der Waals surface area contributed by atoms with Crippen LogP contribution in [0.15, 0.2) is 29.1 Å². The summed E-state index contributed by atoms with van der Waals surface area (Å²) in [6, 6.07) is 8.34. The number of aromatic amines is 1. The lowest BCUT2D eigenvalue weighted by atomic mass is 9.96. The number of aryl methyl sites for hydroxylation is 1. The van der Waals surface area contributed by atoms with Gasteiger partial charge in [0, 0.05) is 13.6 Å². The molecule has 102 valence electrons. The second-order valence-corrected chi connectivity index (χ2v) is 4.96. The molecular weight excluding hydrogens is 238 g/mol. The number of nitrogens with two attached hydrogens (primary N) is 1. The van der Waals surface area contributed by atoms with Crippen LogP contribution in [0.3, 0.4) is 0 Å². The van der Waals surface area contributed by atoms with E-state index in [1.165, 1.54) is 10.2 Å². The highest BCUT2D eigenvalue weighted by Gasteiger charge is 2.13. The van der Waals surface area contributed by atoms with Crippen molar-refractivity contribution >= 4 is 0 Å². The lowest BCUT2D eigenvalue weighted by Gasteiger charge is -2.09. The minimum absolute atomic E-state index is 0.0523. The molecule has 0 aliphatic carbocycles. The van der Waals surface area contributed by atoms with Crippen molar-refractivity contribution < 1.29 is 0 Å². The van der Waals surface area contributed by atoms with Crippen LogP contribution in [0.2, 0.25) is 0 Å². The van der Waals surface area contributed by atoms with Crippen LogP contribution in [0.5, 0.6) is 0 Å². The van der Waals surface area contributed by atoms with Crippen LogP contribution < -0.4 is 11.3 Å². The summed E-state index contributed by atoms with van der Waals surface area (Å²) >= 11 is 0. The second-order valence-electron chi connectivity index (χ2n) is 4.96. The van der Waals surface area contributed by atoms with Gasteiger partial charge < -0.3 is 5.73 Å². The Kier molecular flexibility index (Phi) is 3.90. The molecule has 4 nitrogen and oxygen atoms in total. The van der Waals surface area contributed by atoms with Crippen molar-refractivity contribution in [2.24, 2.45) is 12.8 Å². The number of hydrogen-bond donors (Lipinski definition) is 2. The van der Waals surface area contributed by atoms with Gasteiger partial charge in [-0.2, -0.15) is 0 Å². The molecule has 1 atom stereocenters. The van der Waals surface area contributed by atoms with Gasteiger partial charge in [-0.3, -0.25) is 14.6 Å². The molecular formula is C15H21N3O. The monoisotopic (exact) mass is 259 g/mol. The molecule has 0 amide bonds. The summed E-state index contributed by atoms with van der Waals surface area (Å²) in [5.41, 5.74) is 9.40. The highest BCUT2D eigenvalue weighted by Crippen LogP contribution is 2.24. The van der Waals surface area contributed by atoms with Gasteiger partial charge in [-0.25, -0.2) is 0 Å². The molecule has 0 bridgehead atoms. The summed E-state index contributed by atoms with van der Waals surface area (Å²) in [4.78, 5) is 11.9. The summed E-state index contributed by atoms with van der Waals surface area (Å²) in [6.45, 7) is 4.64. The molecule has 1 unspecified atom stereocenters. The number of aromatic nitrogens is 2. The van der Waals surface area contributed by atoms with Gasteiger partial charge in [0.1, 0.15) is 0 Å². The fourth-order valence-corrected chi connectivity index (χ4v) is 2.24. The third-order valence-electron chi connectivity index (χ3n) is 3.73. The average molecular weight is 259 g/mol. The molecule has 0 fully saturated rings. The SMILES string of the molecule is CCC(C)c1ccc(-c2[nH]n(C)c(=O)c2CN)cc1. The van der Waals surface area contributed by atoms with Crippen molar-refractivity contribution in [3.05, 3.63) is 45.7 Å². The quantitative estimate of drug-likeness (QED) is 0.885. The van der Waals surface area contributed by atoms with Gasteiger partial charge in [0.25, 0.3) is 5.56 Å². The molecule has 1 aromatic carbocycles. The fraction of sp³-hybridized carbons (Fsp3) is 0.400. The van der Waals surface area contributed by atoms with Crippen LogP contribution in [-0.2, 0) is 13.6 Å². The topological polar surface area (TPSA) is 63.8 Å². The first-order valence-corrected chi connectivity index (χ1v) is 6.66. The first kappa shape index (κ1) is 13.6. The smallest absolute Gasteiger partial charge is 0.271 e. The minimum atomic E-state index is -0.0523. The summed E-state index contributed by atoms with van der Waals surface area (Å²) in [5, 5.41) is 3.07. The molecule has 2 rings (SSSR count). The van der Waals surface area contributed by atoms with Crippen LogP contribution in [0.25, 0.3) is 11.3 Å². The molecule has 0 saturated heterocycles. The molecule has 0 saturated carbocycles. The molecule has 0 radical (unpaired) electrons. The zero-order valence-electron chi connectivity index (χ0n) is 11.7. The van der Waals surface area contributed by atoms with Gasteiger partial charge in [-0.1, -0.05) is 38.1 Å². The number of H-pyrrole nitrogens is 1. The molecule has 0 spiro atoms. The zero-order valence-corrected chi connectivity index (χ0v) is 11.7. The van der Waals surface area contributed by atoms with Gasteiger partial charge >= 0.3 is 0 Å². The number of nitrogens with one attached hydrogen (secondary N) is 1. The van der Waals surface area contributed by atoms with E-state index in [9.17, 15) is 4.79 Å². The van der Waals surface area contributed by atoms with Crippen molar-refractivity contribution in [1.29, 1.82) is 0 Å². The highest BCUT2D eigenvalue weighted by atomic mass is 16.1. The Morgan fingerprint density at radius 1 is 1.32 bits per heavy atom. The fourth-order valence-electron chi connectivity index (χ4n) is 2.24. The molecule has 1 heterocycles. The van der Waals surface area contributed by atoms with E-state index in [-0.39, 0.29) is 12.1 Å². The summed E-state index contributed by atoms with van der Waals surface area (Å²) in [5.74, 6) is 0.554. The third kappa shape index (κ3) is 2.49. The van der Waals surface area contributed by atoms with Crippen LogP contribution in [0.4, 0.5) is 0 Å². The maximum Gasteiger partial charge on any atom is 0.271 e. The van der Waals surface area contributed by atoms with Gasteiger partial charge in [0.05, 0.1) is 11.3 Å². The number of nitrogens with zero attached hydrogens (tertiary/aromatic N) is 1. The molecule has 1 aromatic heterocycles. The number of hydrogen-bond acceptors (Lipinski definition) is 2. The molecule has 4 heteroatoms. The largest absolute Gasteiger partial charge is 0.326 e. The Bertz CT molecular complexity index is 607. The summed E-state index contributed by atoms with van der Waals surface area (Å²) < 4.78 is 1.47. The van der Waals surface area contributed by atoms with Crippen LogP contribution in [0.1, 0.15) is 37.3 Å². The van der Waals surface area contributed by atoms with Crippen molar-refractivity contribution in [1.82, 2.24) is 9.78 Å². The molecule has 3 N–H and O–H groups in total. The first-order valence-electron chi connectivity index (χ1n) is 6.66. The lowest BCUT2D eigenvalue weighted by Crippen LogP contribution is -2.17. The predicted molar refractivity (Wildman–Crippen MR) is 78.1 cm³/mol. The average Bonchev–Trinajstić information content (AvgIpc) is 2.73. The predicted octanol–water partition coefficient (Wildman–Crippen LogP) is 2.35. The molecule has 2 aromatic rings. The zero-order chi connectivity index (χ0) is 14.0. The minimum Gasteiger partial charge on any atom is -0.326 e. The second kappa shape index (κ2) is 5.45. The van der Waals surface area contributed by atoms with Crippen LogP contribution in [0, 0.1) is 0 Å². The summed E-state index contributed by atoms with van der Waals surface area (Å²) in [7, 11) is 1.71.